The van der Waals surface area contributed by atoms with Crippen molar-refractivity contribution in [2.24, 2.45) is 0 Å². The summed E-state index contributed by atoms with van der Waals surface area (Å²) in [5, 5.41) is 4.48. The lowest BCUT2D eigenvalue weighted by atomic mass is 10.1. The SMILES string of the molecule is O=C(CCCc1ccc(Cl)cc1)NCc1cc2ccccc2[nH]c1=O. The average Bonchev–Trinajstić information content (AvgIpc) is 2.61. The van der Waals surface area contributed by atoms with Gasteiger partial charge >= 0.3 is 0 Å². The van der Waals surface area contributed by atoms with Crippen molar-refractivity contribution in [1.29, 1.82) is 0 Å². The molecule has 25 heavy (non-hydrogen) atoms. The highest BCUT2D eigenvalue weighted by atomic mass is 35.5. The number of nitrogens with one attached hydrogen (secondary N) is 2. The van der Waals surface area contributed by atoms with Gasteiger partial charge in [0.05, 0.1) is 0 Å². The number of hydrogen-bond donors (Lipinski definition) is 2. The molecule has 128 valence electrons. The van der Waals surface area contributed by atoms with E-state index in [1.165, 1.54) is 0 Å². The summed E-state index contributed by atoms with van der Waals surface area (Å²) in [4.78, 5) is 26.9. The lowest BCUT2D eigenvalue weighted by Crippen LogP contribution is -2.26. The lowest BCUT2D eigenvalue weighted by molar-refractivity contribution is -0.121. The van der Waals surface area contributed by atoms with Crippen molar-refractivity contribution in [3.8, 4) is 0 Å². The molecule has 3 aromatic rings. The quantitative estimate of drug-likeness (QED) is 0.706. The second-order valence-electron chi connectivity index (χ2n) is 5.97. The van der Waals surface area contributed by atoms with Gasteiger partial charge in [-0.2, -0.15) is 0 Å². The molecule has 0 fully saturated rings. The summed E-state index contributed by atoms with van der Waals surface area (Å²) in [5.41, 5.74) is 2.35. The van der Waals surface area contributed by atoms with E-state index in [0.717, 1.165) is 29.3 Å². The number of pyridine rings is 1. The standard InChI is InChI=1S/C20H19ClN2O2/c21-17-10-8-14(9-11-17)4-3-7-19(24)22-13-16-12-15-5-1-2-6-18(15)23-20(16)25/h1-2,5-6,8-12H,3-4,7,13H2,(H,22,24)(H,23,25). The van der Waals surface area contributed by atoms with E-state index in [1.54, 1.807) is 0 Å². The van der Waals surface area contributed by atoms with Gasteiger partial charge in [-0.3, -0.25) is 9.59 Å². The Balaban J connectivity index is 1.51. The third-order valence-electron chi connectivity index (χ3n) is 4.09. The Morgan fingerprint density at radius 1 is 1.08 bits per heavy atom. The average molecular weight is 355 g/mol. The number of aromatic nitrogens is 1. The first-order valence-electron chi connectivity index (χ1n) is 8.24. The minimum Gasteiger partial charge on any atom is -0.352 e. The van der Waals surface area contributed by atoms with Gasteiger partial charge in [0.15, 0.2) is 0 Å². The molecule has 2 aromatic carbocycles. The molecule has 0 atom stereocenters. The summed E-state index contributed by atoms with van der Waals surface area (Å²) in [6.07, 6.45) is 2.00. The summed E-state index contributed by atoms with van der Waals surface area (Å²) in [7, 11) is 0. The molecule has 0 radical (unpaired) electrons. The van der Waals surface area contributed by atoms with E-state index in [-0.39, 0.29) is 18.0 Å². The van der Waals surface area contributed by atoms with Crippen LogP contribution in [0.25, 0.3) is 10.9 Å². The summed E-state index contributed by atoms with van der Waals surface area (Å²) in [6.45, 7) is 0.236. The first-order chi connectivity index (χ1) is 12.1. The molecule has 2 N–H and O–H groups in total. The molecule has 0 bridgehead atoms. The molecule has 0 aliphatic carbocycles. The van der Waals surface area contributed by atoms with Crippen LogP contribution in [0.5, 0.6) is 0 Å². The maximum atomic E-state index is 12.1. The van der Waals surface area contributed by atoms with Gasteiger partial charge in [0, 0.05) is 29.1 Å². The van der Waals surface area contributed by atoms with Crippen LogP contribution in [0.2, 0.25) is 5.02 Å². The van der Waals surface area contributed by atoms with Gasteiger partial charge in [-0.15, -0.1) is 0 Å². The number of hydrogen-bond acceptors (Lipinski definition) is 2. The first kappa shape index (κ1) is 17.2. The molecule has 5 heteroatoms. The fourth-order valence-corrected chi connectivity index (χ4v) is 2.84. The Morgan fingerprint density at radius 3 is 2.64 bits per heavy atom. The number of aromatic amines is 1. The second-order valence-corrected chi connectivity index (χ2v) is 6.40. The number of halogens is 1. The normalized spacial score (nSPS) is 10.8. The maximum Gasteiger partial charge on any atom is 0.253 e. The molecule has 0 saturated heterocycles. The molecule has 0 unspecified atom stereocenters. The molecular formula is C20H19ClN2O2. The molecule has 4 nitrogen and oxygen atoms in total. The third-order valence-corrected chi connectivity index (χ3v) is 4.34. The zero-order chi connectivity index (χ0) is 17.6. The van der Waals surface area contributed by atoms with E-state index in [2.05, 4.69) is 10.3 Å². The van der Waals surface area contributed by atoms with Crippen LogP contribution >= 0.6 is 11.6 Å². The number of benzene rings is 2. The van der Waals surface area contributed by atoms with E-state index >= 15 is 0 Å². The molecule has 0 saturated carbocycles. The molecular weight excluding hydrogens is 336 g/mol. The van der Waals surface area contributed by atoms with Crippen LogP contribution in [0.4, 0.5) is 0 Å². The number of amides is 1. The molecule has 3 rings (SSSR count). The van der Waals surface area contributed by atoms with Crippen molar-refractivity contribution >= 4 is 28.4 Å². The summed E-state index contributed by atoms with van der Waals surface area (Å²) in [6, 6.07) is 17.0. The zero-order valence-corrected chi connectivity index (χ0v) is 14.5. The van der Waals surface area contributed by atoms with Crippen molar-refractivity contribution in [3.63, 3.8) is 0 Å². The van der Waals surface area contributed by atoms with E-state index in [0.29, 0.717) is 17.0 Å². The Morgan fingerprint density at radius 2 is 1.84 bits per heavy atom. The highest BCUT2D eigenvalue weighted by Crippen LogP contribution is 2.12. The van der Waals surface area contributed by atoms with Gasteiger partial charge in [-0.25, -0.2) is 0 Å². The van der Waals surface area contributed by atoms with Crippen molar-refractivity contribution < 1.29 is 4.79 Å². The third kappa shape index (κ3) is 4.70. The fourth-order valence-electron chi connectivity index (χ4n) is 2.71. The van der Waals surface area contributed by atoms with Crippen molar-refractivity contribution in [2.75, 3.05) is 0 Å². The molecule has 0 aliphatic heterocycles. The van der Waals surface area contributed by atoms with E-state index < -0.39 is 0 Å². The number of fused-ring (bicyclic) bond motifs is 1. The Labute approximate surface area is 150 Å². The van der Waals surface area contributed by atoms with E-state index in [4.69, 9.17) is 11.6 Å². The molecule has 1 aromatic heterocycles. The van der Waals surface area contributed by atoms with Crippen LogP contribution in [0.15, 0.2) is 59.4 Å². The molecule has 1 amide bonds. The Kier molecular flexibility index (Phi) is 5.51. The molecule has 1 heterocycles. The van der Waals surface area contributed by atoms with Gasteiger partial charge in [0.25, 0.3) is 5.56 Å². The number of aryl methyl sites for hydroxylation is 1. The summed E-state index contributed by atoms with van der Waals surface area (Å²) >= 11 is 5.85. The molecule has 0 spiro atoms. The van der Waals surface area contributed by atoms with Crippen LogP contribution in [0, 0.1) is 0 Å². The fraction of sp³-hybridized carbons (Fsp3) is 0.200. The zero-order valence-electron chi connectivity index (χ0n) is 13.7. The smallest absolute Gasteiger partial charge is 0.253 e. The van der Waals surface area contributed by atoms with Crippen molar-refractivity contribution in [1.82, 2.24) is 10.3 Å². The van der Waals surface area contributed by atoms with Crippen LogP contribution in [-0.4, -0.2) is 10.9 Å². The highest BCUT2D eigenvalue weighted by Gasteiger charge is 2.06. The second kappa shape index (κ2) is 7.99. The van der Waals surface area contributed by atoms with Crippen molar-refractivity contribution in [3.05, 3.63) is 81.1 Å². The summed E-state index contributed by atoms with van der Waals surface area (Å²) in [5.74, 6) is -0.0541. The van der Waals surface area contributed by atoms with Crippen LogP contribution < -0.4 is 10.9 Å². The highest BCUT2D eigenvalue weighted by molar-refractivity contribution is 6.30. The Hall–Kier alpha value is -2.59. The van der Waals surface area contributed by atoms with E-state index in [1.807, 2.05) is 54.6 Å². The number of carbonyl (C=O) groups excluding carboxylic acids is 1. The number of H-pyrrole nitrogens is 1. The largest absolute Gasteiger partial charge is 0.352 e. The van der Waals surface area contributed by atoms with Gasteiger partial charge in [0.1, 0.15) is 0 Å². The van der Waals surface area contributed by atoms with Crippen LogP contribution in [0.3, 0.4) is 0 Å². The minimum atomic E-state index is -0.167. The summed E-state index contributed by atoms with van der Waals surface area (Å²) < 4.78 is 0. The van der Waals surface area contributed by atoms with Crippen molar-refractivity contribution in [2.45, 2.75) is 25.8 Å². The van der Waals surface area contributed by atoms with Gasteiger partial charge in [0.2, 0.25) is 5.91 Å². The number of rotatable bonds is 6. The maximum absolute atomic E-state index is 12.1. The topological polar surface area (TPSA) is 62.0 Å². The predicted molar refractivity (Wildman–Crippen MR) is 101 cm³/mol. The monoisotopic (exact) mass is 354 g/mol. The van der Waals surface area contributed by atoms with Crippen LogP contribution in [0.1, 0.15) is 24.0 Å². The minimum absolute atomic E-state index is 0.0541. The number of carbonyl (C=O) groups is 1. The van der Waals surface area contributed by atoms with Gasteiger partial charge in [-0.05, 0) is 48.1 Å². The van der Waals surface area contributed by atoms with E-state index in [9.17, 15) is 9.59 Å². The number of para-hydroxylation sites is 1. The molecule has 0 aliphatic rings. The van der Waals surface area contributed by atoms with Gasteiger partial charge < -0.3 is 10.3 Å². The first-order valence-corrected chi connectivity index (χ1v) is 8.62. The lowest BCUT2D eigenvalue weighted by Gasteiger charge is -2.06. The predicted octanol–water partition coefficient (Wildman–Crippen LogP) is 3.82. The Bertz CT molecular complexity index is 932. The van der Waals surface area contributed by atoms with Crippen LogP contribution in [-0.2, 0) is 17.8 Å². The van der Waals surface area contributed by atoms with Gasteiger partial charge in [-0.1, -0.05) is 41.9 Å².